The van der Waals surface area contributed by atoms with Gasteiger partial charge in [-0.25, -0.2) is 4.85 Å². The topological polar surface area (TPSA) is 42.9 Å². The minimum Gasteiger partial charge on any atom is -0.318 e. The van der Waals surface area contributed by atoms with Gasteiger partial charge in [0, 0.05) is 38.0 Å². The maximum atomic E-state index is 10.1. The van der Waals surface area contributed by atoms with E-state index in [0.29, 0.717) is 11.3 Å². The summed E-state index contributed by atoms with van der Waals surface area (Å²) in [6, 6.07) is 63.6. The zero-order valence-electron chi connectivity index (χ0n) is 29.5. The Morgan fingerprint density at radius 1 is 0.436 bits per heavy atom. The number of benzene rings is 8. The fraction of sp³-hybridized carbons (Fsp3) is 0. The van der Waals surface area contributed by atoms with E-state index in [1.807, 2.05) is 42.5 Å². The molecule has 0 saturated heterocycles. The van der Waals surface area contributed by atoms with Crippen molar-refractivity contribution in [2.75, 3.05) is 0 Å². The number of para-hydroxylation sites is 5. The largest absolute Gasteiger partial charge is 0.318 e. The van der Waals surface area contributed by atoms with Crippen molar-refractivity contribution in [3.63, 3.8) is 0 Å². The van der Waals surface area contributed by atoms with Crippen LogP contribution in [0.25, 0.3) is 98.5 Å². The monoisotopic (exact) mass is 699 g/mol. The summed E-state index contributed by atoms with van der Waals surface area (Å²) in [6.45, 7) is 8.32. The van der Waals surface area contributed by atoms with Crippen LogP contribution in [0, 0.1) is 17.9 Å². The molecule has 0 spiro atoms. The molecule has 0 aliphatic rings. The highest BCUT2D eigenvalue weighted by Gasteiger charge is 2.21. The Morgan fingerprint density at radius 2 is 0.982 bits per heavy atom. The Morgan fingerprint density at radius 3 is 1.67 bits per heavy atom. The van der Waals surface area contributed by atoms with E-state index in [0.717, 1.165) is 61.0 Å². The molecule has 0 atom stereocenters. The summed E-state index contributed by atoms with van der Waals surface area (Å²) >= 11 is 0. The van der Waals surface area contributed by atoms with Crippen LogP contribution in [-0.4, -0.2) is 13.7 Å². The molecule has 55 heavy (non-hydrogen) atoms. The predicted octanol–water partition coefficient (Wildman–Crippen LogP) is 13.1. The second kappa shape index (κ2) is 11.8. The molecule has 8 aromatic carbocycles. The lowest BCUT2D eigenvalue weighted by Crippen LogP contribution is -1.97. The summed E-state index contributed by atoms with van der Waals surface area (Å²) in [5, 5.41) is 17.0. The van der Waals surface area contributed by atoms with Crippen molar-refractivity contribution in [3.05, 3.63) is 193 Å². The first-order valence-corrected chi connectivity index (χ1v) is 18.3. The maximum absolute atomic E-state index is 10.1. The molecule has 0 saturated carbocycles. The van der Waals surface area contributed by atoms with Crippen LogP contribution in [-0.2, 0) is 0 Å². The third kappa shape index (κ3) is 4.39. The van der Waals surface area contributed by atoms with Crippen LogP contribution in [0.5, 0.6) is 0 Å². The highest BCUT2D eigenvalue weighted by atomic mass is 15.0. The van der Waals surface area contributed by atoms with Gasteiger partial charge in [0.2, 0.25) is 5.69 Å². The fourth-order valence-electron chi connectivity index (χ4n) is 8.81. The van der Waals surface area contributed by atoms with E-state index in [4.69, 9.17) is 6.57 Å². The molecular formula is C50H29N5. The first kappa shape index (κ1) is 30.7. The third-order valence-electron chi connectivity index (χ3n) is 11.1. The first-order valence-electron chi connectivity index (χ1n) is 18.3. The van der Waals surface area contributed by atoms with Crippen molar-refractivity contribution in [1.29, 1.82) is 5.26 Å². The van der Waals surface area contributed by atoms with E-state index in [1.165, 1.54) is 32.6 Å². The van der Waals surface area contributed by atoms with Crippen molar-refractivity contribution in [1.82, 2.24) is 13.7 Å². The van der Waals surface area contributed by atoms with Crippen LogP contribution >= 0.6 is 0 Å². The molecule has 5 heteroatoms. The van der Waals surface area contributed by atoms with Gasteiger partial charge >= 0.3 is 0 Å². The molecule has 0 aliphatic carbocycles. The Bertz CT molecular complexity index is 3420. The molecule has 0 unspecified atom stereocenters. The standard InChI is InChI=1S/C50H29N5/c1-52-41-30-33(27-28-46(41)55-44-23-8-4-18-38(44)39-20-11-14-34(31-51)50(39)55)32-13-10-15-35(29-32)53-45-24-9-5-19-40(45)49-47(53)25-12-26-48(49)54-42-21-6-2-16-36(42)37-17-3-7-22-43(37)54/h2-30H. The molecule has 0 radical (unpaired) electrons. The second-order valence-corrected chi connectivity index (χ2v) is 13.9. The number of rotatable bonds is 4. The lowest BCUT2D eigenvalue weighted by Gasteiger charge is -2.14. The molecule has 0 amide bonds. The molecular weight excluding hydrogens is 671 g/mol. The van der Waals surface area contributed by atoms with Gasteiger partial charge in [0.1, 0.15) is 6.07 Å². The fourth-order valence-corrected chi connectivity index (χ4v) is 8.81. The Hall–Kier alpha value is -7.86. The molecule has 11 rings (SSSR count). The van der Waals surface area contributed by atoms with Crippen LogP contribution < -0.4 is 0 Å². The zero-order valence-corrected chi connectivity index (χ0v) is 29.5. The van der Waals surface area contributed by atoms with E-state index in [1.54, 1.807) is 0 Å². The van der Waals surface area contributed by atoms with E-state index in [-0.39, 0.29) is 0 Å². The van der Waals surface area contributed by atoms with Gasteiger partial charge in [0.25, 0.3) is 0 Å². The smallest absolute Gasteiger partial charge is 0.211 e. The van der Waals surface area contributed by atoms with Crippen LogP contribution in [0.3, 0.4) is 0 Å². The Kier molecular flexibility index (Phi) is 6.61. The molecule has 254 valence electrons. The van der Waals surface area contributed by atoms with Gasteiger partial charge in [0.15, 0.2) is 0 Å². The average molecular weight is 700 g/mol. The number of fused-ring (bicyclic) bond motifs is 9. The molecule has 11 aromatic rings. The normalized spacial score (nSPS) is 11.6. The van der Waals surface area contributed by atoms with E-state index in [9.17, 15) is 5.26 Å². The maximum Gasteiger partial charge on any atom is 0.211 e. The van der Waals surface area contributed by atoms with Crippen LogP contribution in [0.15, 0.2) is 176 Å². The van der Waals surface area contributed by atoms with Crippen molar-refractivity contribution in [2.45, 2.75) is 0 Å². The highest BCUT2D eigenvalue weighted by Crippen LogP contribution is 2.42. The van der Waals surface area contributed by atoms with Crippen molar-refractivity contribution in [2.24, 2.45) is 0 Å². The second-order valence-electron chi connectivity index (χ2n) is 13.9. The first-order chi connectivity index (χ1) is 27.2. The molecule has 3 aromatic heterocycles. The quantitative estimate of drug-likeness (QED) is 0.169. The number of nitriles is 1. The SMILES string of the molecule is [C-]#[N+]c1cc(-c2cccc(-n3c4ccccc4c4c(-n5c6ccccc6c6ccccc65)cccc43)c2)ccc1-n1c2ccccc2c2cccc(C#N)c21. The van der Waals surface area contributed by atoms with Gasteiger partial charge in [-0.3, -0.25) is 0 Å². The van der Waals surface area contributed by atoms with Crippen LogP contribution in [0.4, 0.5) is 5.69 Å². The third-order valence-corrected chi connectivity index (χ3v) is 11.1. The summed E-state index contributed by atoms with van der Waals surface area (Å²) in [5.41, 5.74) is 12.4. The molecule has 3 heterocycles. The number of hydrogen-bond acceptors (Lipinski definition) is 1. The molecule has 0 aliphatic heterocycles. The van der Waals surface area contributed by atoms with Crippen LogP contribution in [0.1, 0.15) is 5.56 Å². The minimum atomic E-state index is 0.519. The number of nitrogens with zero attached hydrogens (tertiary/aromatic N) is 5. The predicted molar refractivity (Wildman–Crippen MR) is 226 cm³/mol. The lowest BCUT2D eigenvalue weighted by atomic mass is 10.0. The van der Waals surface area contributed by atoms with Gasteiger partial charge in [-0.1, -0.05) is 109 Å². The lowest BCUT2D eigenvalue weighted by molar-refractivity contribution is 1.17. The van der Waals surface area contributed by atoms with E-state index < -0.39 is 0 Å². The zero-order chi connectivity index (χ0) is 36.6. The van der Waals surface area contributed by atoms with Crippen molar-refractivity contribution >= 4 is 71.1 Å². The van der Waals surface area contributed by atoms with Gasteiger partial charge < -0.3 is 13.7 Å². The van der Waals surface area contributed by atoms with Gasteiger partial charge in [-0.2, -0.15) is 5.26 Å². The highest BCUT2D eigenvalue weighted by molar-refractivity contribution is 6.16. The number of hydrogen-bond donors (Lipinski definition) is 0. The number of aromatic nitrogens is 3. The molecule has 0 bridgehead atoms. The Balaban J connectivity index is 1.10. The van der Waals surface area contributed by atoms with Gasteiger partial charge in [-0.15, -0.1) is 0 Å². The van der Waals surface area contributed by atoms with Crippen molar-refractivity contribution in [3.8, 4) is 34.3 Å². The summed E-state index contributed by atoms with van der Waals surface area (Å²) < 4.78 is 6.84. The molecule has 0 N–H and O–H groups in total. The average Bonchev–Trinajstić information content (AvgIpc) is 3.89. The summed E-state index contributed by atoms with van der Waals surface area (Å²) in [4.78, 5) is 4.05. The van der Waals surface area contributed by atoms with E-state index >= 15 is 0 Å². The summed E-state index contributed by atoms with van der Waals surface area (Å²) in [5.74, 6) is 0. The molecule has 5 nitrogen and oxygen atoms in total. The van der Waals surface area contributed by atoms with Gasteiger partial charge in [-0.05, 0) is 77.9 Å². The van der Waals surface area contributed by atoms with Gasteiger partial charge in [0.05, 0.1) is 56.6 Å². The Labute approximate surface area is 316 Å². The van der Waals surface area contributed by atoms with Crippen molar-refractivity contribution < 1.29 is 0 Å². The van der Waals surface area contributed by atoms with Crippen LogP contribution in [0.2, 0.25) is 0 Å². The minimum absolute atomic E-state index is 0.519. The molecule has 0 fully saturated rings. The summed E-state index contributed by atoms with van der Waals surface area (Å²) in [7, 11) is 0. The summed E-state index contributed by atoms with van der Waals surface area (Å²) in [6.07, 6.45) is 0. The van der Waals surface area contributed by atoms with E-state index in [2.05, 4.69) is 158 Å².